The zero-order chi connectivity index (χ0) is 3.58. The van der Waals surface area contributed by atoms with Crippen LogP contribution >= 0.6 is 0 Å². The zero-order valence-corrected chi connectivity index (χ0v) is 9.84. The van der Waals surface area contributed by atoms with Crippen molar-refractivity contribution in [3.63, 3.8) is 0 Å². The van der Waals surface area contributed by atoms with E-state index in [0.29, 0.717) is 0 Å². The molecule has 30 valence electrons. The van der Waals surface area contributed by atoms with Crippen molar-refractivity contribution in [3.8, 4) is 0 Å². The third kappa shape index (κ3) is 57.1. The van der Waals surface area contributed by atoms with Gasteiger partial charge in [-0.25, -0.2) is 4.21 Å². The predicted molar refractivity (Wildman–Crippen MR) is 11.5 cm³/mol. The van der Waals surface area contributed by atoms with Gasteiger partial charge in [-0.15, -0.1) is 0 Å². The third-order valence-electron chi connectivity index (χ3n) is 0. The summed E-state index contributed by atoms with van der Waals surface area (Å²) in [7, 11) is 0. The summed E-state index contributed by atoms with van der Waals surface area (Å²) in [6.07, 6.45) is 0. The minimum Gasteiger partial charge on any atom is -0.750 e. The van der Waals surface area contributed by atoms with Gasteiger partial charge >= 0.3 is 0 Å². The van der Waals surface area contributed by atoms with Gasteiger partial charge in [-0.05, 0) is 0 Å². The molecule has 3 nitrogen and oxygen atoms in total. The van der Waals surface area contributed by atoms with E-state index in [2.05, 4.69) is 0 Å². The molecule has 0 aliphatic heterocycles. The van der Waals surface area contributed by atoms with Gasteiger partial charge in [0.1, 0.15) is 0 Å². The standard InChI is InChI=1S/H2O3S.2Zn/c1-4(2)3;;/h(H2,1,2,3);;/p-1. The summed E-state index contributed by atoms with van der Waals surface area (Å²) in [5, 5.41) is 0. The Kier molecular flexibility index (Phi) is 25.0. The molecule has 0 aliphatic carbocycles. The molecule has 6 heteroatoms. The Hall–Kier alpha value is 1.32. The van der Waals surface area contributed by atoms with Crippen molar-refractivity contribution < 1.29 is 52.3 Å². The SMILES string of the molecule is O=S([O-])O.[Zn].[Zn]. The Bertz CT molecular complexity index is 31.8. The van der Waals surface area contributed by atoms with Crippen LogP contribution in [0, 0.1) is 0 Å². The first-order chi connectivity index (χ1) is 1.73. The second kappa shape index (κ2) is 9.58. The Balaban J connectivity index is -0.0000000450. The maximum Gasteiger partial charge on any atom is 0.0814 e. The fraction of sp³-hybridized carbons (Fsp3) is 0. The molecule has 0 aliphatic rings. The Morgan fingerprint density at radius 3 is 1.50 bits per heavy atom. The van der Waals surface area contributed by atoms with Crippen LogP contribution in [0.5, 0.6) is 0 Å². The van der Waals surface area contributed by atoms with Gasteiger partial charge in [-0.1, -0.05) is 0 Å². The van der Waals surface area contributed by atoms with Gasteiger partial charge in [0.15, 0.2) is 0 Å². The summed E-state index contributed by atoms with van der Waals surface area (Å²) < 4.78 is 24.1. The third-order valence-corrected chi connectivity index (χ3v) is 0. The average molecular weight is 212 g/mol. The van der Waals surface area contributed by atoms with Gasteiger partial charge < -0.3 is 9.11 Å². The van der Waals surface area contributed by atoms with E-state index < -0.39 is 11.4 Å². The number of rotatable bonds is 0. The van der Waals surface area contributed by atoms with Gasteiger partial charge in [-0.3, -0.25) is 0 Å². The molecule has 0 spiro atoms. The molecule has 0 aromatic rings. The Morgan fingerprint density at radius 1 is 1.50 bits per heavy atom. The van der Waals surface area contributed by atoms with E-state index in [1.54, 1.807) is 0 Å². The van der Waals surface area contributed by atoms with E-state index in [1.807, 2.05) is 0 Å². The Morgan fingerprint density at radius 2 is 1.50 bits per heavy atom. The van der Waals surface area contributed by atoms with Crippen molar-refractivity contribution in [1.29, 1.82) is 0 Å². The van der Waals surface area contributed by atoms with E-state index in [0.717, 1.165) is 0 Å². The fourth-order valence-electron chi connectivity index (χ4n) is 0. The molecule has 0 aromatic carbocycles. The minimum absolute atomic E-state index is 0. The van der Waals surface area contributed by atoms with E-state index in [4.69, 9.17) is 13.3 Å². The van der Waals surface area contributed by atoms with Crippen molar-refractivity contribution in [2.75, 3.05) is 0 Å². The first-order valence-electron chi connectivity index (χ1n) is 0.516. The smallest absolute Gasteiger partial charge is 0.0814 e. The molecule has 6 heavy (non-hydrogen) atoms. The van der Waals surface area contributed by atoms with Gasteiger partial charge in [0.2, 0.25) is 0 Å². The van der Waals surface area contributed by atoms with Crippen molar-refractivity contribution in [2.24, 2.45) is 0 Å². The average Bonchev–Trinajstić information content (AvgIpc) is 0.811. The van der Waals surface area contributed by atoms with Crippen molar-refractivity contribution in [2.45, 2.75) is 0 Å². The molecule has 0 aromatic heterocycles. The van der Waals surface area contributed by atoms with E-state index in [1.165, 1.54) is 0 Å². The molecule has 1 N–H and O–H groups in total. The monoisotopic (exact) mass is 209 g/mol. The van der Waals surface area contributed by atoms with Crippen LogP contribution in [0.15, 0.2) is 0 Å². The normalized spacial score (nSPS) is 10.3. The predicted octanol–water partition coefficient (Wildman–Crippen LogP) is -0.666. The van der Waals surface area contributed by atoms with E-state index in [9.17, 15) is 0 Å². The molecular weight excluding hydrogens is 211 g/mol. The topological polar surface area (TPSA) is 60.4 Å². The van der Waals surface area contributed by atoms with Gasteiger partial charge in [0.05, 0.1) is 11.4 Å². The molecule has 0 bridgehead atoms. The van der Waals surface area contributed by atoms with Crippen LogP contribution in [0.25, 0.3) is 0 Å². The van der Waals surface area contributed by atoms with Crippen LogP contribution in [0.4, 0.5) is 0 Å². The summed E-state index contributed by atoms with van der Waals surface area (Å²) in [6.45, 7) is 0. The molecular formula is HO3SZn2-. The van der Waals surface area contributed by atoms with Crippen LogP contribution in [0.1, 0.15) is 0 Å². The zero-order valence-electron chi connectivity index (χ0n) is 3.09. The van der Waals surface area contributed by atoms with Crippen molar-refractivity contribution in [1.82, 2.24) is 0 Å². The number of hydrogen-bond donors (Lipinski definition) is 1. The van der Waals surface area contributed by atoms with Crippen molar-refractivity contribution in [3.05, 3.63) is 0 Å². The summed E-state index contributed by atoms with van der Waals surface area (Å²) >= 11 is -2.86. The fourth-order valence-corrected chi connectivity index (χ4v) is 0. The molecule has 0 amide bonds. The molecule has 0 saturated carbocycles. The summed E-state index contributed by atoms with van der Waals surface area (Å²) in [5.41, 5.74) is 0. The largest absolute Gasteiger partial charge is 0.750 e. The summed E-state index contributed by atoms with van der Waals surface area (Å²) in [5.74, 6) is 0. The first-order valence-corrected chi connectivity index (χ1v) is 1.55. The molecule has 0 fully saturated rings. The first kappa shape index (κ1) is 15.7. The van der Waals surface area contributed by atoms with Gasteiger partial charge in [-0.2, -0.15) is 0 Å². The molecule has 1 unspecified atom stereocenters. The maximum absolute atomic E-state index is 8.56. The minimum atomic E-state index is -2.86. The van der Waals surface area contributed by atoms with Crippen molar-refractivity contribution >= 4 is 11.4 Å². The van der Waals surface area contributed by atoms with Crippen LogP contribution in [0.2, 0.25) is 0 Å². The number of hydrogen-bond acceptors (Lipinski definition) is 2. The molecule has 0 heterocycles. The molecule has 1 atom stereocenters. The second-order valence-corrected chi connectivity index (χ2v) is 0.651. The molecule has 0 saturated heterocycles. The second-order valence-electron chi connectivity index (χ2n) is 0.217. The van der Waals surface area contributed by atoms with Crippen LogP contribution in [0.3, 0.4) is 0 Å². The van der Waals surface area contributed by atoms with Gasteiger partial charge in [0, 0.05) is 39.0 Å². The van der Waals surface area contributed by atoms with E-state index >= 15 is 0 Å². The van der Waals surface area contributed by atoms with Gasteiger partial charge in [0.25, 0.3) is 0 Å². The maximum atomic E-state index is 8.56. The van der Waals surface area contributed by atoms with Crippen LogP contribution in [-0.2, 0) is 50.3 Å². The van der Waals surface area contributed by atoms with Crippen LogP contribution in [-0.4, -0.2) is 13.3 Å². The van der Waals surface area contributed by atoms with E-state index in [-0.39, 0.29) is 39.0 Å². The summed E-state index contributed by atoms with van der Waals surface area (Å²) in [4.78, 5) is 0. The molecule has 0 radical (unpaired) electrons. The Labute approximate surface area is 63.5 Å². The molecule has 0 rings (SSSR count). The van der Waals surface area contributed by atoms with Crippen LogP contribution < -0.4 is 0 Å². The quantitative estimate of drug-likeness (QED) is 0.428. The summed E-state index contributed by atoms with van der Waals surface area (Å²) in [6, 6.07) is 0.